The number of nitrogens with zero attached hydrogens (tertiary/aromatic N) is 2. The molecule has 1 fully saturated rings. The third kappa shape index (κ3) is 1.83. The number of imidazole rings is 1. The number of ether oxygens (including phenoxy) is 1. The van der Waals surface area contributed by atoms with Gasteiger partial charge in [0, 0.05) is 20.3 Å². The minimum atomic E-state index is -0.418. The molecule has 0 radical (unpaired) electrons. The molecule has 3 heterocycles. The van der Waals surface area contributed by atoms with E-state index < -0.39 is 5.54 Å². The van der Waals surface area contributed by atoms with E-state index in [0.717, 1.165) is 30.0 Å². The molecule has 0 aromatic carbocycles. The van der Waals surface area contributed by atoms with Gasteiger partial charge < -0.3 is 20.8 Å². The Kier molecular flexibility index (Phi) is 2.68. The van der Waals surface area contributed by atoms with E-state index in [0.29, 0.717) is 18.9 Å². The van der Waals surface area contributed by atoms with Crippen LogP contribution in [0.3, 0.4) is 0 Å². The molecule has 0 aliphatic carbocycles. The Hall–Kier alpha value is -1.66. The summed E-state index contributed by atoms with van der Waals surface area (Å²) in [6, 6.07) is 3.88. The van der Waals surface area contributed by atoms with Gasteiger partial charge in [-0.3, -0.25) is 0 Å². The highest BCUT2D eigenvalue weighted by atomic mass is 16.5. The van der Waals surface area contributed by atoms with Crippen LogP contribution < -0.4 is 11.1 Å². The van der Waals surface area contributed by atoms with Gasteiger partial charge in [-0.25, -0.2) is 9.97 Å². The Morgan fingerprint density at radius 3 is 2.83 bits per heavy atom. The van der Waals surface area contributed by atoms with Gasteiger partial charge in [0.2, 0.25) is 0 Å². The fourth-order valence-electron chi connectivity index (χ4n) is 2.24. The lowest BCUT2D eigenvalue weighted by Crippen LogP contribution is -2.43. The second-order valence-corrected chi connectivity index (χ2v) is 4.67. The van der Waals surface area contributed by atoms with E-state index in [1.54, 1.807) is 0 Å². The topological polar surface area (TPSA) is 88.9 Å². The van der Waals surface area contributed by atoms with Gasteiger partial charge >= 0.3 is 0 Å². The summed E-state index contributed by atoms with van der Waals surface area (Å²) in [6.45, 7) is 1.37. The zero-order chi connectivity index (χ0) is 12.6. The molecular weight excluding hydrogens is 230 g/mol. The van der Waals surface area contributed by atoms with Crippen LogP contribution in [0.5, 0.6) is 0 Å². The second-order valence-electron chi connectivity index (χ2n) is 4.67. The molecule has 0 atom stereocenters. The van der Waals surface area contributed by atoms with Crippen molar-refractivity contribution in [1.29, 1.82) is 0 Å². The molecule has 3 rings (SSSR count). The number of nitrogens with two attached hydrogens (primary N) is 1. The monoisotopic (exact) mass is 247 g/mol. The molecule has 96 valence electrons. The maximum Gasteiger partial charge on any atom is 0.179 e. The summed E-state index contributed by atoms with van der Waals surface area (Å²) < 4.78 is 5.35. The van der Waals surface area contributed by atoms with Crippen LogP contribution in [0.15, 0.2) is 12.1 Å². The van der Waals surface area contributed by atoms with Gasteiger partial charge in [-0.2, -0.15) is 0 Å². The van der Waals surface area contributed by atoms with Crippen molar-refractivity contribution in [2.75, 3.05) is 25.6 Å². The third-order valence-corrected chi connectivity index (χ3v) is 3.46. The van der Waals surface area contributed by atoms with Gasteiger partial charge in [-0.05, 0) is 25.0 Å². The number of H-pyrrole nitrogens is 1. The van der Waals surface area contributed by atoms with Crippen molar-refractivity contribution in [2.24, 2.45) is 5.73 Å². The predicted molar refractivity (Wildman–Crippen MR) is 69.4 cm³/mol. The molecule has 0 amide bonds. The number of anilines is 1. The zero-order valence-electron chi connectivity index (χ0n) is 10.4. The standard InChI is InChI=1S/C12H17N5O/c1-14-9-3-2-8-10(16-9)17-11(15-8)12(13)4-6-18-7-5-12/h2-3H,4-7,13H2,1H3,(H2,14,15,16,17). The Bertz CT molecular complexity index is 559. The SMILES string of the molecule is CNc1ccc2[nH]c(C3(N)CCOCC3)nc2n1. The van der Waals surface area contributed by atoms with Crippen molar-refractivity contribution in [3.8, 4) is 0 Å². The highest BCUT2D eigenvalue weighted by Crippen LogP contribution is 2.28. The average molecular weight is 247 g/mol. The Labute approximate surface area is 105 Å². The lowest BCUT2D eigenvalue weighted by Gasteiger charge is -2.31. The van der Waals surface area contributed by atoms with E-state index in [1.165, 1.54) is 0 Å². The maximum absolute atomic E-state index is 6.40. The molecule has 0 unspecified atom stereocenters. The second kappa shape index (κ2) is 4.22. The Balaban J connectivity index is 2.02. The van der Waals surface area contributed by atoms with Crippen molar-refractivity contribution in [2.45, 2.75) is 18.4 Å². The van der Waals surface area contributed by atoms with Crippen molar-refractivity contribution in [3.63, 3.8) is 0 Å². The first-order valence-corrected chi connectivity index (χ1v) is 6.13. The zero-order valence-corrected chi connectivity index (χ0v) is 10.4. The first-order chi connectivity index (χ1) is 8.71. The normalized spacial score (nSPS) is 19.0. The summed E-state index contributed by atoms with van der Waals surface area (Å²) >= 11 is 0. The maximum atomic E-state index is 6.40. The molecular formula is C12H17N5O. The summed E-state index contributed by atoms with van der Waals surface area (Å²) in [7, 11) is 1.84. The quantitative estimate of drug-likeness (QED) is 0.735. The molecule has 1 saturated heterocycles. The fourth-order valence-corrected chi connectivity index (χ4v) is 2.24. The molecule has 6 nitrogen and oxygen atoms in total. The predicted octanol–water partition coefficient (Wildman–Crippen LogP) is 0.964. The van der Waals surface area contributed by atoms with Crippen LogP contribution in [-0.2, 0) is 10.3 Å². The first-order valence-electron chi connectivity index (χ1n) is 6.13. The summed E-state index contributed by atoms with van der Waals surface area (Å²) in [5.74, 6) is 1.61. The summed E-state index contributed by atoms with van der Waals surface area (Å²) in [5.41, 5.74) is 7.60. The van der Waals surface area contributed by atoms with Gasteiger partial charge in [-0.1, -0.05) is 0 Å². The van der Waals surface area contributed by atoms with Crippen LogP contribution in [0.25, 0.3) is 11.2 Å². The van der Waals surface area contributed by atoms with Crippen LogP contribution >= 0.6 is 0 Å². The largest absolute Gasteiger partial charge is 0.381 e. The van der Waals surface area contributed by atoms with Crippen LogP contribution in [-0.4, -0.2) is 35.2 Å². The van der Waals surface area contributed by atoms with E-state index in [2.05, 4.69) is 20.3 Å². The smallest absolute Gasteiger partial charge is 0.179 e. The number of rotatable bonds is 2. The average Bonchev–Trinajstić information content (AvgIpc) is 2.83. The van der Waals surface area contributed by atoms with E-state index in [4.69, 9.17) is 10.5 Å². The summed E-state index contributed by atoms with van der Waals surface area (Å²) in [4.78, 5) is 12.2. The molecule has 0 bridgehead atoms. The van der Waals surface area contributed by atoms with E-state index in [-0.39, 0.29) is 0 Å². The highest BCUT2D eigenvalue weighted by Gasteiger charge is 2.33. The first kappa shape index (κ1) is 11.4. The number of hydrogen-bond acceptors (Lipinski definition) is 5. The minimum absolute atomic E-state index is 0.418. The van der Waals surface area contributed by atoms with Crippen LogP contribution in [0.2, 0.25) is 0 Å². The molecule has 0 saturated carbocycles. The molecule has 2 aromatic rings. The van der Waals surface area contributed by atoms with Gasteiger partial charge in [0.15, 0.2) is 5.65 Å². The molecule has 1 aliphatic heterocycles. The van der Waals surface area contributed by atoms with Gasteiger partial charge in [0.1, 0.15) is 11.6 Å². The van der Waals surface area contributed by atoms with Crippen molar-refractivity contribution in [1.82, 2.24) is 15.0 Å². The van der Waals surface area contributed by atoms with Crippen molar-refractivity contribution in [3.05, 3.63) is 18.0 Å². The van der Waals surface area contributed by atoms with Gasteiger partial charge in [0.25, 0.3) is 0 Å². The van der Waals surface area contributed by atoms with E-state index in [1.807, 2.05) is 19.2 Å². The minimum Gasteiger partial charge on any atom is -0.381 e. The summed E-state index contributed by atoms with van der Waals surface area (Å²) in [6.07, 6.45) is 1.57. The molecule has 4 N–H and O–H groups in total. The fraction of sp³-hybridized carbons (Fsp3) is 0.500. The molecule has 2 aromatic heterocycles. The molecule has 6 heteroatoms. The van der Waals surface area contributed by atoms with Crippen molar-refractivity contribution >= 4 is 17.0 Å². The van der Waals surface area contributed by atoms with Gasteiger partial charge in [0.05, 0.1) is 11.1 Å². The van der Waals surface area contributed by atoms with Crippen LogP contribution in [0.4, 0.5) is 5.82 Å². The third-order valence-electron chi connectivity index (χ3n) is 3.46. The summed E-state index contributed by atoms with van der Waals surface area (Å²) in [5, 5.41) is 3.00. The number of pyridine rings is 1. The number of nitrogens with one attached hydrogen (secondary N) is 2. The van der Waals surface area contributed by atoms with Crippen LogP contribution in [0.1, 0.15) is 18.7 Å². The van der Waals surface area contributed by atoms with Crippen LogP contribution in [0, 0.1) is 0 Å². The lowest BCUT2D eigenvalue weighted by molar-refractivity contribution is 0.0496. The molecule has 0 spiro atoms. The highest BCUT2D eigenvalue weighted by molar-refractivity contribution is 5.73. The Morgan fingerprint density at radius 1 is 1.33 bits per heavy atom. The molecule has 18 heavy (non-hydrogen) atoms. The van der Waals surface area contributed by atoms with E-state index in [9.17, 15) is 0 Å². The number of fused-ring (bicyclic) bond motifs is 1. The lowest BCUT2D eigenvalue weighted by atomic mass is 9.91. The van der Waals surface area contributed by atoms with Gasteiger partial charge in [-0.15, -0.1) is 0 Å². The number of aromatic nitrogens is 3. The van der Waals surface area contributed by atoms with E-state index >= 15 is 0 Å². The number of hydrogen-bond donors (Lipinski definition) is 3. The molecule has 1 aliphatic rings. The van der Waals surface area contributed by atoms with Crippen molar-refractivity contribution < 1.29 is 4.74 Å². The Morgan fingerprint density at radius 2 is 2.11 bits per heavy atom. The number of aromatic amines is 1.